The molecule has 0 aromatic carbocycles. The monoisotopic (exact) mass is 297 g/mol. The van der Waals surface area contributed by atoms with Crippen molar-refractivity contribution >= 4 is 10.0 Å². The molecule has 2 heterocycles. The zero-order valence-electron chi connectivity index (χ0n) is 12.1. The van der Waals surface area contributed by atoms with Crippen LogP contribution in [-0.4, -0.2) is 28.0 Å². The Bertz CT molecular complexity index is 714. The summed E-state index contributed by atoms with van der Waals surface area (Å²) in [7, 11) is -1.86. The third-order valence-electron chi connectivity index (χ3n) is 3.21. The van der Waals surface area contributed by atoms with E-state index in [1.165, 1.54) is 10.9 Å². The largest absolute Gasteiger partial charge is 0.274 e. The van der Waals surface area contributed by atoms with Crippen molar-refractivity contribution in [3.8, 4) is 0 Å². The smallest absolute Gasteiger partial charge is 0.244 e. The minimum atomic E-state index is -3.55. The molecule has 8 heteroatoms. The van der Waals surface area contributed by atoms with Crippen LogP contribution in [0.2, 0.25) is 0 Å². The summed E-state index contributed by atoms with van der Waals surface area (Å²) >= 11 is 0. The van der Waals surface area contributed by atoms with Gasteiger partial charge in [-0.3, -0.25) is 9.36 Å². The van der Waals surface area contributed by atoms with Gasteiger partial charge in [-0.05, 0) is 20.8 Å². The van der Waals surface area contributed by atoms with Gasteiger partial charge in [0.25, 0.3) is 0 Å². The Morgan fingerprint density at radius 1 is 1.35 bits per heavy atom. The minimum absolute atomic E-state index is 0.209. The van der Waals surface area contributed by atoms with Crippen molar-refractivity contribution in [2.24, 2.45) is 7.05 Å². The summed E-state index contributed by atoms with van der Waals surface area (Å²) in [5.74, 6) is 0. The lowest BCUT2D eigenvalue weighted by molar-refractivity contribution is 0.580. The molecule has 0 amide bonds. The van der Waals surface area contributed by atoms with Crippen molar-refractivity contribution in [2.75, 3.05) is 0 Å². The Hall–Kier alpha value is -1.67. The van der Waals surface area contributed by atoms with Gasteiger partial charge in [-0.15, -0.1) is 0 Å². The zero-order valence-corrected chi connectivity index (χ0v) is 12.9. The number of hydrogen-bond donors (Lipinski definition) is 1. The summed E-state index contributed by atoms with van der Waals surface area (Å²) in [5, 5.41) is 8.24. The fraction of sp³-hybridized carbons (Fsp3) is 0.500. The Morgan fingerprint density at radius 3 is 2.55 bits per heavy atom. The van der Waals surface area contributed by atoms with Crippen LogP contribution in [0.25, 0.3) is 0 Å². The number of sulfonamides is 1. The number of nitrogens with zero attached hydrogens (tertiary/aromatic N) is 4. The molecular formula is C12H19N5O2S. The van der Waals surface area contributed by atoms with Crippen LogP contribution in [0.15, 0.2) is 17.3 Å². The van der Waals surface area contributed by atoms with Crippen molar-refractivity contribution < 1.29 is 8.42 Å². The summed E-state index contributed by atoms with van der Waals surface area (Å²) < 4.78 is 30.4. The quantitative estimate of drug-likeness (QED) is 0.882. The normalized spacial score (nSPS) is 12.0. The molecule has 0 bridgehead atoms. The second-order valence-electron chi connectivity index (χ2n) is 4.65. The van der Waals surface area contributed by atoms with Gasteiger partial charge in [-0.2, -0.15) is 10.2 Å². The molecule has 110 valence electrons. The molecule has 20 heavy (non-hydrogen) atoms. The van der Waals surface area contributed by atoms with E-state index in [9.17, 15) is 8.42 Å². The van der Waals surface area contributed by atoms with E-state index in [4.69, 9.17) is 0 Å². The molecule has 0 aliphatic carbocycles. The van der Waals surface area contributed by atoms with Gasteiger partial charge < -0.3 is 0 Å². The van der Waals surface area contributed by atoms with Gasteiger partial charge in [0.2, 0.25) is 10.0 Å². The molecule has 0 saturated heterocycles. The predicted molar refractivity (Wildman–Crippen MR) is 74.6 cm³/mol. The number of hydrogen-bond acceptors (Lipinski definition) is 4. The maximum absolute atomic E-state index is 12.2. The molecule has 7 nitrogen and oxygen atoms in total. The average Bonchev–Trinajstić information content (AvgIpc) is 2.90. The lowest BCUT2D eigenvalue weighted by Crippen LogP contribution is -2.23. The Morgan fingerprint density at radius 2 is 2.05 bits per heavy atom. The molecule has 0 aliphatic rings. The summed E-state index contributed by atoms with van der Waals surface area (Å²) in [6.45, 7) is 6.58. The molecule has 2 aromatic heterocycles. The molecule has 0 saturated carbocycles. The fourth-order valence-corrected chi connectivity index (χ4v) is 3.29. The van der Waals surface area contributed by atoms with Gasteiger partial charge in [0.05, 0.1) is 11.9 Å². The van der Waals surface area contributed by atoms with E-state index in [0.29, 0.717) is 5.69 Å². The summed E-state index contributed by atoms with van der Waals surface area (Å²) in [4.78, 5) is 0.209. The SMILES string of the molecule is CCn1ncc(CNS(=O)(=O)c2cn(C)nc2C)c1C. The number of aryl methyl sites for hydroxylation is 3. The summed E-state index contributed by atoms with van der Waals surface area (Å²) in [6.07, 6.45) is 3.19. The third kappa shape index (κ3) is 2.75. The molecule has 0 radical (unpaired) electrons. The van der Waals surface area contributed by atoms with Crippen LogP contribution < -0.4 is 4.72 Å². The van der Waals surface area contributed by atoms with Gasteiger partial charge in [0, 0.05) is 37.6 Å². The lowest BCUT2D eigenvalue weighted by Gasteiger charge is -2.06. The van der Waals surface area contributed by atoms with Crippen LogP contribution >= 0.6 is 0 Å². The first-order valence-electron chi connectivity index (χ1n) is 6.36. The van der Waals surface area contributed by atoms with Crippen molar-refractivity contribution in [3.63, 3.8) is 0 Å². The van der Waals surface area contributed by atoms with Gasteiger partial charge >= 0.3 is 0 Å². The van der Waals surface area contributed by atoms with E-state index in [-0.39, 0.29) is 11.4 Å². The number of rotatable bonds is 5. The van der Waals surface area contributed by atoms with Crippen molar-refractivity contribution in [1.29, 1.82) is 0 Å². The van der Waals surface area contributed by atoms with E-state index in [1.807, 2.05) is 18.5 Å². The van der Waals surface area contributed by atoms with Crippen LogP contribution in [0.1, 0.15) is 23.9 Å². The van der Waals surface area contributed by atoms with E-state index >= 15 is 0 Å². The Labute approximate surface area is 118 Å². The van der Waals surface area contributed by atoms with E-state index in [1.54, 1.807) is 20.2 Å². The predicted octanol–water partition coefficient (Wildman–Crippen LogP) is 0.732. The Balaban J connectivity index is 2.17. The van der Waals surface area contributed by atoms with Crippen molar-refractivity contribution in [1.82, 2.24) is 24.3 Å². The molecule has 0 unspecified atom stereocenters. The molecule has 1 N–H and O–H groups in total. The molecule has 0 fully saturated rings. The topological polar surface area (TPSA) is 81.8 Å². The van der Waals surface area contributed by atoms with Crippen LogP contribution in [-0.2, 0) is 30.2 Å². The van der Waals surface area contributed by atoms with Crippen molar-refractivity contribution in [3.05, 3.63) is 29.3 Å². The first-order valence-corrected chi connectivity index (χ1v) is 7.84. The van der Waals surface area contributed by atoms with Gasteiger partial charge in [0.1, 0.15) is 4.90 Å². The first kappa shape index (κ1) is 14.7. The van der Waals surface area contributed by atoms with Crippen molar-refractivity contribution in [2.45, 2.75) is 38.8 Å². The average molecular weight is 297 g/mol. The highest BCUT2D eigenvalue weighted by atomic mass is 32.2. The third-order valence-corrected chi connectivity index (χ3v) is 4.72. The van der Waals surface area contributed by atoms with Crippen LogP contribution in [0.3, 0.4) is 0 Å². The molecular weight excluding hydrogens is 278 g/mol. The van der Waals surface area contributed by atoms with Crippen LogP contribution in [0, 0.1) is 13.8 Å². The van der Waals surface area contributed by atoms with Crippen LogP contribution in [0.5, 0.6) is 0 Å². The molecule has 0 spiro atoms. The number of aromatic nitrogens is 4. The van der Waals surface area contributed by atoms with E-state index in [0.717, 1.165) is 17.8 Å². The molecule has 0 aliphatic heterocycles. The maximum Gasteiger partial charge on any atom is 0.244 e. The van der Waals surface area contributed by atoms with Gasteiger partial charge in [-0.25, -0.2) is 13.1 Å². The second-order valence-corrected chi connectivity index (χ2v) is 6.38. The standard InChI is InChI=1S/C12H19N5O2S/c1-5-17-10(3)11(6-13-17)7-14-20(18,19)12-8-16(4)15-9(12)2/h6,8,14H,5,7H2,1-4H3. The fourth-order valence-electron chi connectivity index (χ4n) is 2.07. The van der Waals surface area contributed by atoms with E-state index in [2.05, 4.69) is 14.9 Å². The summed E-state index contributed by atoms with van der Waals surface area (Å²) in [5.41, 5.74) is 2.33. The van der Waals surface area contributed by atoms with Gasteiger partial charge in [-0.1, -0.05) is 0 Å². The highest BCUT2D eigenvalue weighted by Gasteiger charge is 2.20. The van der Waals surface area contributed by atoms with Crippen LogP contribution in [0.4, 0.5) is 0 Å². The second kappa shape index (κ2) is 5.37. The summed E-state index contributed by atoms with van der Waals surface area (Å²) in [6, 6.07) is 0. The maximum atomic E-state index is 12.2. The Kier molecular flexibility index (Phi) is 3.96. The minimum Gasteiger partial charge on any atom is -0.274 e. The van der Waals surface area contributed by atoms with E-state index < -0.39 is 10.0 Å². The number of nitrogens with one attached hydrogen (secondary N) is 1. The lowest BCUT2D eigenvalue weighted by atomic mass is 10.3. The highest BCUT2D eigenvalue weighted by molar-refractivity contribution is 7.89. The molecule has 0 atom stereocenters. The highest BCUT2D eigenvalue weighted by Crippen LogP contribution is 2.14. The molecule has 2 rings (SSSR count). The molecule has 2 aromatic rings. The van der Waals surface area contributed by atoms with Gasteiger partial charge in [0.15, 0.2) is 0 Å². The zero-order chi connectivity index (χ0) is 14.9. The first-order chi connectivity index (χ1) is 9.35.